The van der Waals surface area contributed by atoms with Crippen molar-refractivity contribution in [3.63, 3.8) is 0 Å². The first kappa shape index (κ1) is 16.5. The number of benzene rings is 1. The van der Waals surface area contributed by atoms with Gasteiger partial charge < -0.3 is 15.3 Å². The molecular weight excluding hydrogens is 304 g/mol. The largest absolute Gasteiger partial charge is 0.396 e. The zero-order valence-corrected chi connectivity index (χ0v) is 14.0. The highest BCUT2D eigenvalue weighted by Gasteiger charge is 2.18. The second-order valence-electron chi connectivity index (χ2n) is 6.36. The summed E-state index contributed by atoms with van der Waals surface area (Å²) in [5.41, 5.74) is 2.84. The van der Waals surface area contributed by atoms with Crippen LogP contribution in [-0.4, -0.2) is 40.5 Å². The molecule has 2 aromatic rings. The van der Waals surface area contributed by atoms with Crippen molar-refractivity contribution in [3.05, 3.63) is 47.8 Å². The van der Waals surface area contributed by atoms with Crippen LogP contribution in [0.15, 0.2) is 36.7 Å². The molecule has 1 aromatic heterocycles. The van der Waals surface area contributed by atoms with E-state index < -0.39 is 0 Å². The first-order valence-electron chi connectivity index (χ1n) is 8.37. The number of hydrogen-bond donors (Lipinski definition) is 2. The number of hydrogen-bond acceptors (Lipinski definition) is 4. The molecule has 1 amide bonds. The number of anilines is 1. The van der Waals surface area contributed by atoms with E-state index in [-0.39, 0.29) is 5.91 Å². The molecular formula is C18H24N4O2. The van der Waals surface area contributed by atoms with Crippen molar-refractivity contribution in [1.29, 1.82) is 0 Å². The summed E-state index contributed by atoms with van der Waals surface area (Å²) in [4.78, 5) is 14.4. The van der Waals surface area contributed by atoms with Gasteiger partial charge in [-0.15, -0.1) is 0 Å². The number of carbonyl (C=O) groups is 1. The van der Waals surface area contributed by atoms with Gasteiger partial charge in [0.1, 0.15) is 0 Å². The number of aliphatic hydroxyl groups excluding tert-OH is 1. The summed E-state index contributed by atoms with van der Waals surface area (Å²) in [7, 11) is 1.79. The molecule has 2 N–H and O–H groups in total. The Morgan fingerprint density at radius 2 is 2.00 bits per heavy atom. The average molecular weight is 328 g/mol. The molecule has 0 spiro atoms. The number of aliphatic hydroxyl groups is 1. The number of aromatic nitrogens is 2. The maximum absolute atomic E-state index is 12.0. The Hall–Kier alpha value is -2.34. The second kappa shape index (κ2) is 7.49. The molecule has 128 valence electrons. The number of rotatable bonds is 5. The van der Waals surface area contributed by atoms with Crippen molar-refractivity contribution in [2.75, 3.05) is 24.6 Å². The Morgan fingerprint density at radius 1 is 1.29 bits per heavy atom. The Balaban J connectivity index is 1.52. The molecule has 0 unspecified atom stereocenters. The zero-order valence-electron chi connectivity index (χ0n) is 14.0. The summed E-state index contributed by atoms with van der Waals surface area (Å²) >= 11 is 0. The molecule has 6 nitrogen and oxygen atoms in total. The van der Waals surface area contributed by atoms with Crippen LogP contribution in [0.5, 0.6) is 0 Å². The summed E-state index contributed by atoms with van der Waals surface area (Å²) in [6, 6.07) is 8.31. The first-order chi connectivity index (χ1) is 11.7. The minimum absolute atomic E-state index is 0.113. The number of nitrogens with zero attached hydrogens (tertiary/aromatic N) is 3. The third-order valence-electron chi connectivity index (χ3n) is 4.59. The zero-order chi connectivity index (χ0) is 16.9. The van der Waals surface area contributed by atoms with Gasteiger partial charge in [0.05, 0.1) is 11.8 Å². The predicted molar refractivity (Wildman–Crippen MR) is 92.8 cm³/mol. The van der Waals surface area contributed by atoms with Gasteiger partial charge in [0.2, 0.25) is 0 Å². The fourth-order valence-corrected chi connectivity index (χ4v) is 3.02. The molecule has 1 aliphatic rings. The highest BCUT2D eigenvalue weighted by molar-refractivity contribution is 5.93. The van der Waals surface area contributed by atoms with Gasteiger partial charge in [0.15, 0.2) is 0 Å². The number of piperidine rings is 1. The Bertz CT molecular complexity index is 673. The quantitative estimate of drug-likeness (QED) is 0.874. The molecule has 2 heterocycles. The van der Waals surface area contributed by atoms with Gasteiger partial charge in [-0.25, -0.2) is 0 Å². The lowest BCUT2D eigenvalue weighted by atomic mass is 9.97. The lowest BCUT2D eigenvalue weighted by molar-refractivity contribution is 0.0951. The second-order valence-corrected chi connectivity index (χ2v) is 6.36. The van der Waals surface area contributed by atoms with Crippen LogP contribution in [0.4, 0.5) is 5.69 Å². The smallest absolute Gasteiger partial charge is 0.254 e. The van der Waals surface area contributed by atoms with E-state index in [4.69, 9.17) is 0 Å². The number of carbonyl (C=O) groups excluding carboxylic acids is 1. The fraction of sp³-hybridized carbons (Fsp3) is 0.444. The molecule has 0 radical (unpaired) electrons. The standard InChI is InChI=1S/C18H24N4O2/c1-21-12-16(11-20-21)18(24)19-10-14-2-4-17(5-3-14)22-8-6-15(13-23)7-9-22/h2-5,11-12,15,23H,6-10,13H2,1H3,(H,19,24). The lowest BCUT2D eigenvalue weighted by Gasteiger charge is -2.33. The summed E-state index contributed by atoms with van der Waals surface area (Å²) in [5.74, 6) is 0.335. The molecule has 0 aliphatic carbocycles. The summed E-state index contributed by atoms with van der Waals surface area (Å²) in [6.07, 6.45) is 5.35. The molecule has 24 heavy (non-hydrogen) atoms. The van der Waals surface area contributed by atoms with Crippen molar-refractivity contribution in [2.24, 2.45) is 13.0 Å². The minimum atomic E-state index is -0.113. The van der Waals surface area contributed by atoms with Crippen molar-refractivity contribution in [3.8, 4) is 0 Å². The number of aryl methyl sites for hydroxylation is 1. The van der Waals surface area contributed by atoms with Gasteiger partial charge in [-0.3, -0.25) is 9.48 Å². The normalized spacial score (nSPS) is 15.5. The molecule has 1 aliphatic heterocycles. The maximum atomic E-state index is 12.0. The van der Waals surface area contributed by atoms with Crippen molar-refractivity contribution >= 4 is 11.6 Å². The van der Waals surface area contributed by atoms with Crippen LogP contribution in [0, 0.1) is 5.92 Å². The van der Waals surface area contributed by atoms with Gasteiger partial charge in [-0.1, -0.05) is 12.1 Å². The van der Waals surface area contributed by atoms with Crippen LogP contribution in [0.25, 0.3) is 0 Å². The molecule has 6 heteroatoms. The lowest BCUT2D eigenvalue weighted by Crippen LogP contribution is -2.34. The van der Waals surface area contributed by atoms with Crippen molar-refractivity contribution in [2.45, 2.75) is 19.4 Å². The van der Waals surface area contributed by atoms with E-state index in [0.29, 0.717) is 24.6 Å². The van der Waals surface area contributed by atoms with Crippen LogP contribution in [0.3, 0.4) is 0 Å². The molecule has 0 saturated carbocycles. The van der Waals surface area contributed by atoms with E-state index in [1.165, 1.54) is 5.69 Å². The van der Waals surface area contributed by atoms with Gasteiger partial charge in [0.25, 0.3) is 5.91 Å². The molecule has 1 fully saturated rings. The molecule has 0 bridgehead atoms. The van der Waals surface area contributed by atoms with E-state index in [1.54, 1.807) is 24.1 Å². The maximum Gasteiger partial charge on any atom is 0.254 e. The molecule has 0 atom stereocenters. The van der Waals surface area contributed by atoms with Crippen molar-refractivity contribution < 1.29 is 9.90 Å². The topological polar surface area (TPSA) is 70.4 Å². The Morgan fingerprint density at radius 3 is 2.58 bits per heavy atom. The summed E-state index contributed by atoms with van der Waals surface area (Å²) in [5, 5.41) is 16.1. The van der Waals surface area contributed by atoms with Gasteiger partial charge >= 0.3 is 0 Å². The minimum Gasteiger partial charge on any atom is -0.396 e. The van der Waals surface area contributed by atoms with Gasteiger partial charge in [-0.2, -0.15) is 5.10 Å². The third-order valence-corrected chi connectivity index (χ3v) is 4.59. The molecule has 1 saturated heterocycles. The highest BCUT2D eigenvalue weighted by atomic mass is 16.3. The molecule has 1 aromatic carbocycles. The van der Waals surface area contributed by atoms with E-state index in [1.807, 2.05) is 0 Å². The van der Waals surface area contributed by atoms with Gasteiger partial charge in [-0.05, 0) is 36.5 Å². The molecule has 3 rings (SSSR count). The fourth-order valence-electron chi connectivity index (χ4n) is 3.02. The Kier molecular flexibility index (Phi) is 5.15. The summed E-state index contributed by atoms with van der Waals surface area (Å²) < 4.78 is 1.61. The van der Waals surface area contributed by atoms with E-state index in [0.717, 1.165) is 31.5 Å². The average Bonchev–Trinajstić information content (AvgIpc) is 3.07. The van der Waals surface area contributed by atoms with Crippen LogP contribution in [0.2, 0.25) is 0 Å². The van der Waals surface area contributed by atoms with E-state index in [2.05, 4.69) is 39.6 Å². The third kappa shape index (κ3) is 3.94. The SMILES string of the molecule is Cn1cc(C(=O)NCc2ccc(N3CCC(CO)CC3)cc2)cn1. The van der Waals surface area contributed by atoms with Crippen LogP contribution in [-0.2, 0) is 13.6 Å². The first-order valence-corrected chi connectivity index (χ1v) is 8.37. The monoisotopic (exact) mass is 328 g/mol. The van der Waals surface area contributed by atoms with Crippen LogP contribution >= 0.6 is 0 Å². The Labute approximate surface area is 142 Å². The van der Waals surface area contributed by atoms with E-state index >= 15 is 0 Å². The summed E-state index contributed by atoms with van der Waals surface area (Å²) in [6.45, 7) is 2.77. The number of nitrogens with one attached hydrogen (secondary N) is 1. The predicted octanol–water partition coefficient (Wildman–Crippen LogP) is 1.56. The van der Waals surface area contributed by atoms with Crippen LogP contribution in [0.1, 0.15) is 28.8 Å². The van der Waals surface area contributed by atoms with Crippen LogP contribution < -0.4 is 10.2 Å². The number of amides is 1. The highest BCUT2D eigenvalue weighted by Crippen LogP contribution is 2.23. The van der Waals surface area contributed by atoms with Crippen molar-refractivity contribution in [1.82, 2.24) is 15.1 Å². The van der Waals surface area contributed by atoms with Gasteiger partial charge in [0, 0.05) is 45.2 Å². The van der Waals surface area contributed by atoms with E-state index in [9.17, 15) is 9.90 Å².